The van der Waals surface area contributed by atoms with Crippen molar-refractivity contribution in [2.45, 2.75) is 13.8 Å². The summed E-state index contributed by atoms with van der Waals surface area (Å²) in [7, 11) is 0. The molecule has 52 valence electrons. The summed E-state index contributed by atoms with van der Waals surface area (Å²) in [4.78, 5) is 10.1. The van der Waals surface area contributed by atoms with Crippen LogP contribution in [-0.4, -0.2) is 16.8 Å². The molecule has 0 bridgehead atoms. The molecule has 0 heterocycles. The van der Waals surface area contributed by atoms with Crippen LogP contribution in [0.25, 0.3) is 0 Å². The first kappa shape index (κ1) is 8.56. The average Bonchev–Trinajstić information content (AvgIpc) is 1.82. The van der Waals surface area contributed by atoms with Crippen LogP contribution in [0.5, 0.6) is 0 Å². The van der Waals surface area contributed by atoms with Crippen molar-refractivity contribution in [1.82, 2.24) is 0 Å². The van der Waals surface area contributed by atoms with Gasteiger partial charge in [0.15, 0.2) is 0 Å². The molecular formula is C6H10O2S. The highest BCUT2D eigenvalue weighted by Crippen LogP contribution is 2.05. The van der Waals surface area contributed by atoms with Gasteiger partial charge in [-0.15, -0.1) is 11.8 Å². The molecule has 2 nitrogen and oxygen atoms in total. The maximum absolute atomic E-state index is 10.1. The second kappa shape index (κ2) is 4.44. The Labute approximate surface area is 59.0 Å². The van der Waals surface area contributed by atoms with Crippen LogP contribution in [0.3, 0.4) is 0 Å². The zero-order chi connectivity index (χ0) is 7.28. The fourth-order valence-electron chi connectivity index (χ4n) is 0.259. The minimum atomic E-state index is -0.837. The molecule has 0 spiro atoms. The van der Waals surface area contributed by atoms with Crippen LogP contribution in [0.2, 0.25) is 0 Å². The molecule has 1 N–H and O–H groups in total. The summed E-state index contributed by atoms with van der Waals surface area (Å²) in [6, 6.07) is 0. The van der Waals surface area contributed by atoms with Gasteiger partial charge in [0.05, 0.1) is 0 Å². The van der Waals surface area contributed by atoms with E-state index in [1.807, 2.05) is 6.92 Å². The minimum Gasteiger partial charge on any atom is -0.478 e. The molecule has 0 aliphatic carbocycles. The summed E-state index contributed by atoms with van der Waals surface area (Å²) < 4.78 is 0. The molecule has 0 amide bonds. The third-order valence-electron chi connectivity index (χ3n) is 0.764. The van der Waals surface area contributed by atoms with Crippen LogP contribution >= 0.6 is 11.8 Å². The van der Waals surface area contributed by atoms with Crippen molar-refractivity contribution >= 4 is 17.7 Å². The molecule has 0 aromatic carbocycles. The lowest BCUT2D eigenvalue weighted by molar-refractivity contribution is -0.132. The van der Waals surface area contributed by atoms with Gasteiger partial charge in [0, 0.05) is 5.57 Å². The van der Waals surface area contributed by atoms with E-state index in [0.717, 1.165) is 5.75 Å². The van der Waals surface area contributed by atoms with E-state index in [1.165, 1.54) is 11.8 Å². The molecule has 0 atom stereocenters. The van der Waals surface area contributed by atoms with Gasteiger partial charge in [0.25, 0.3) is 0 Å². The molecular weight excluding hydrogens is 136 g/mol. The first-order chi connectivity index (χ1) is 4.18. The Hall–Kier alpha value is -0.440. The summed E-state index contributed by atoms with van der Waals surface area (Å²) >= 11 is 1.50. The molecule has 0 saturated heterocycles. The highest BCUT2D eigenvalue weighted by Gasteiger charge is 1.96. The smallest absolute Gasteiger partial charge is 0.331 e. The molecule has 0 aliphatic heterocycles. The fraction of sp³-hybridized carbons (Fsp3) is 0.500. The van der Waals surface area contributed by atoms with Crippen molar-refractivity contribution in [3.8, 4) is 0 Å². The van der Waals surface area contributed by atoms with Crippen LogP contribution < -0.4 is 0 Å². The van der Waals surface area contributed by atoms with E-state index in [9.17, 15) is 4.79 Å². The maximum Gasteiger partial charge on any atom is 0.331 e. The van der Waals surface area contributed by atoms with E-state index in [2.05, 4.69) is 0 Å². The van der Waals surface area contributed by atoms with E-state index < -0.39 is 5.97 Å². The average molecular weight is 146 g/mol. The maximum atomic E-state index is 10.1. The van der Waals surface area contributed by atoms with E-state index >= 15 is 0 Å². The Morgan fingerprint density at radius 2 is 2.33 bits per heavy atom. The number of carboxylic acids is 1. The van der Waals surface area contributed by atoms with Crippen molar-refractivity contribution in [2.24, 2.45) is 0 Å². The van der Waals surface area contributed by atoms with Crippen molar-refractivity contribution in [2.75, 3.05) is 5.75 Å². The fourth-order valence-corrected chi connectivity index (χ4v) is 0.776. The molecule has 0 unspecified atom stereocenters. The van der Waals surface area contributed by atoms with Gasteiger partial charge in [-0.25, -0.2) is 4.79 Å². The predicted molar refractivity (Wildman–Crippen MR) is 39.5 cm³/mol. The monoisotopic (exact) mass is 146 g/mol. The molecule has 0 aliphatic rings. The number of hydrogen-bond acceptors (Lipinski definition) is 2. The summed E-state index contributed by atoms with van der Waals surface area (Å²) in [5.74, 6) is 0.0842. The standard InChI is InChI=1S/C6H10O2S/c1-3-9-4-5(2)6(7)8/h4H,3H2,1-2H3,(H,7,8)/b5-4+. The highest BCUT2D eigenvalue weighted by molar-refractivity contribution is 8.02. The summed E-state index contributed by atoms with van der Waals surface area (Å²) in [5, 5.41) is 9.98. The van der Waals surface area contributed by atoms with Crippen LogP contribution in [0.1, 0.15) is 13.8 Å². The van der Waals surface area contributed by atoms with E-state index in [0.29, 0.717) is 5.57 Å². The molecule has 0 aromatic heterocycles. The third-order valence-corrected chi connectivity index (χ3v) is 1.62. The lowest BCUT2D eigenvalue weighted by Crippen LogP contribution is -1.94. The number of carboxylic acid groups (broad SMARTS) is 1. The van der Waals surface area contributed by atoms with Gasteiger partial charge in [-0.3, -0.25) is 0 Å². The SMILES string of the molecule is CCS/C=C(\C)C(=O)O. The highest BCUT2D eigenvalue weighted by atomic mass is 32.2. The Balaban J connectivity index is 3.69. The quantitative estimate of drug-likeness (QED) is 0.616. The van der Waals surface area contributed by atoms with Crippen molar-refractivity contribution in [3.63, 3.8) is 0 Å². The molecule has 0 rings (SSSR count). The van der Waals surface area contributed by atoms with Gasteiger partial charge in [0.1, 0.15) is 0 Å². The third kappa shape index (κ3) is 4.09. The Bertz CT molecular complexity index is 129. The first-order valence-corrected chi connectivity index (χ1v) is 3.75. The second-order valence-corrected chi connectivity index (χ2v) is 2.71. The molecule has 0 saturated carbocycles. The first-order valence-electron chi connectivity index (χ1n) is 2.70. The van der Waals surface area contributed by atoms with E-state index in [4.69, 9.17) is 5.11 Å². The number of hydrogen-bond donors (Lipinski definition) is 1. The zero-order valence-corrected chi connectivity index (χ0v) is 6.36. The summed E-state index contributed by atoms with van der Waals surface area (Å²) in [6.07, 6.45) is 0. The summed E-state index contributed by atoms with van der Waals surface area (Å²) in [6.45, 7) is 3.57. The lowest BCUT2D eigenvalue weighted by Gasteiger charge is -1.89. The molecule has 0 aromatic rings. The normalized spacial score (nSPS) is 11.6. The lowest BCUT2D eigenvalue weighted by atomic mass is 10.4. The topological polar surface area (TPSA) is 37.3 Å². The van der Waals surface area contributed by atoms with E-state index in [-0.39, 0.29) is 0 Å². The van der Waals surface area contributed by atoms with Crippen LogP contribution in [0.4, 0.5) is 0 Å². The van der Waals surface area contributed by atoms with Crippen LogP contribution in [0.15, 0.2) is 11.0 Å². The van der Waals surface area contributed by atoms with Gasteiger partial charge in [-0.1, -0.05) is 6.92 Å². The van der Waals surface area contributed by atoms with Crippen LogP contribution in [-0.2, 0) is 4.79 Å². The van der Waals surface area contributed by atoms with Gasteiger partial charge in [0.2, 0.25) is 0 Å². The van der Waals surface area contributed by atoms with Gasteiger partial charge in [-0.2, -0.15) is 0 Å². The van der Waals surface area contributed by atoms with Crippen LogP contribution in [0, 0.1) is 0 Å². The van der Waals surface area contributed by atoms with E-state index in [1.54, 1.807) is 12.3 Å². The number of rotatable bonds is 3. The second-order valence-electron chi connectivity index (χ2n) is 1.56. The number of aliphatic carboxylic acids is 1. The van der Waals surface area contributed by atoms with Crippen molar-refractivity contribution < 1.29 is 9.90 Å². The molecule has 3 heteroatoms. The number of thioether (sulfide) groups is 1. The summed E-state index contributed by atoms with van der Waals surface area (Å²) in [5.41, 5.74) is 0.404. The largest absolute Gasteiger partial charge is 0.478 e. The molecule has 0 fully saturated rings. The van der Waals surface area contributed by atoms with Crippen molar-refractivity contribution in [3.05, 3.63) is 11.0 Å². The molecule has 9 heavy (non-hydrogen) atoms. The number of carbonyl (C=O) groups is 1. The zero-order valence-electron chi connectivity index (χ0n) is 5.55. The minimum absolute atomic E-state index is 0.404. The van der Waals surface area contributed by atoms with Crippen molar-refractivity contribution in [1.29, 1.82) is 0 Å². The van der Waals surface area contributed by atoms with Gasteiger partial charge < -0.3 is 5.11 Å². The van der Waals surface area contributed by atoms with Gasteiger partial charge >= 0.3 is 5.97 Å². The Morgan fingerprint density at radius 3 is 2.67 bits per heavy atom. The van der Waals surface area contributed by atoms with Gasteiger partial charge in [-0.05, 0) is 18.1 Å². The Kier molecular flexibility index (Phi) is 4.22. The molecule has 0 radical (unpaired) electrons. The Morgan fingerprint density at radius 1 is 1.78 bits per heavy atom. The predicted octanol–water partition coefficient (Wildman–Crippen LogP) is 1.73.